The first-order valence-electron chi connectivity index (χ1n) is 9.23. The van der Waals surface area contributed by atoms with E-state index in [1.54, 1.807) is 0 Å². The van der Waals surface area contributed by atoms with Crippen LogP contribution in [0.2, 0.25) is 0 Å². The Bertz CT molecular complexity index is 1150. The molecular formula is C24H21NO3. The molecule has 4 aromatic rings. The molecule has 0 amide bonds. The summed E-state index contributed by atoms with van der Waals surface area (Å²) in [5.74, 6) is 0.266. The van der Waals surface area contributed by atoms with E-state index < -0.39 is 0 Å². The van der Waals surface area contributed by atoms with Crippen LogP contribution in [0.15, 0.2) is 72.8 Å². The lowest BCUT2D eigenvalue weighted by molar-refractivity contribution is -0.141. The van der Waals surface area contributed by atoms with Gasteiger partial charge in [-0.15, -0.1) is 0 Å². The number of pyridine rings is 1. The average molecular weight is 371 g/mol. The first-order valence-corrected chi connectivity index (χ1v) is 9.23. The van der Waals surface area contributed by atoms with Crippen LogP contribution < -0.4 is 4.74 Å². The second-order valence-corrected chi connectivity index (χ2v) is 6.80. The Morgan fingerprint density at radius 3 is 2.54 bits per heavy atom. The van der Waals surface area contributed by atoms with Crippen molar-refractivity contribution in [3.05, 3.63) is 84.1 Å². The van der Waals surface area contributed by atoms with E-state index in [-0.39, 0.29) is 11.9 Å². The molecule has 0 aliphatic rings. The number of hydrogen-bond acceptors (Lipinski definition) is 4. The molecule has 0 spiro atoms. The highest BCUT2D eigenvalue weighted by Crippen LogP contribution is 2.26. The Hall–Kier alpha value is -3.40. The van der Waals surface area contributed by atoms with Gasteiger partial charge in [-0.1, -0.05) is 48.5 Å². The molecule has 4 nitrogen and oxygen atoms in total. The number of rotatable bonds is 5. The van der Waals surface area contributed by atoms with Gasteiger partial charge in [-0.05, 0) is 47.5 Å². The van der Waals surface area contributed by atoms with Gasteiger partial charge in [-0.3, -0.25) is 4.79 Å². The number of carbonyl (C=O) groups excluding carboxylic acids is 1. The Labute approximate surface area is 163 Å². The number of fused-ring (bicyclic) bond motifs is 2. The maximum absolute atomic E-state index is 11.8. The van der Waals surface area contributed by atoms with Crippen LogP contribution in [0.3, 0.4) is 0 Å². The van der Waals surface area contributed by atoms with Gasteiger partial charge in [0.2, 0.25) is 0 Å². The molecule has 4 heteroatoms. The number of para-hydroxylation sites is 1. The third-order valence-corrected chi connectivity index (χ3v) is 4.93. The molecule has 1 aromatic heterocycles. The predicted octanol–water partition coefficient (Wildman–Crippen LogP) is 5.24. The van der Waals surface area contributed by atoms with Crippen LogP contribution in [0.5, 0.6) is 5.75 Å². The van der Waals surface area contributed by atoms with Gasteiger partial charge in [-0.25, -0.2) is 4.98 Å². The molecule has 3 aromatic carbocycles. The van der Waals surface area contributed by atoms with Gasteiger partial charge in [0.1, 0.15) is 12.4 Å². The summed E-state index contributed by atoms with van der Waals surface area (Å²) in [5.41, 5.74) is 2.80. The van der Waals surface area contributed by atoms with E-state index >= 15 is 0 Å². The third-order valence-electron chi connectivity index (χ3n) is 4.93. The molecule has 0 saturated carbocycles. The van der Waals surface area contributed by atoms with Gasteiger partial charge >= 0.3 is 5.97 Å². The minimum absolute atomic E-state index is 0.234. The third kappa shape index (κ3) is 3.67. The second kappa shape index (κ2) is 7.69. The summed E-state index contributed by atoms with van der Waals surface area (Å²) >= 11 is 0. The highest BCUT2D eigenvalue weighted by molar-refractivity contribution is 5.86. The highest BCUT2D eigenvalue weighted by atomic mass is 16.5. The monoisotopic (exact) mass is 371 g/mol. The molecule has 1 atom stereocenters. The van der Waals surface area contributed by atoms with E-state index in [9.17, 15) is 4.79 Å². The smallest absolute Gasteiger partial charge is 0.312 e. The summed E-state index contributed by atoms with van der Waals surface area (Å²) in [6.45, 7) is 2.26. The Morgan fingerprint density at radius 1 is 0.929 bits per heavy atom. The summed E-state index contributed by atoms with van der Waals surface area (Å²) in [4.78, 5) is 16.4. The molecule has 0 bridgehead atoms. The van der Waals surface area contributed by atoms with E-state index in [1.165, 1.54) is 7.11 Å². The van der Waals surface area contributed by atoms with Crippen molar-refractivity contribution < 1.29 is 14.3 Å². The fourth-order valence-electron chi connectivity index (χ4n) is 3.26. The van der Waals surface area contributed by atoms with Crippen LogP contribution in [-0.4, -0.2) is 18.1 Å². The van der Waals surface area contributed by atoms with Gasteiger partial charge in [0.25, 0.3) is 0 Å². The van der Waals surface area contributed by atoms with Crippen LogP contribution in [0, 0.1) is 0 Å². The number of benzene rings is 3. The summed E-state index contributed by atoms with van der Waals surface area (Å²) in [5, 5.41) is 3.24. The predicted molar refractivity (Wildman–Crippen MR) is 110 cm³/mol. The van der Waals surface area contributed by atoms with Crippen molar-refractivity contribution in [1.82, 2.24) is 4.98 Å². The van der Waals surface area contributed by atoms with Gasteiger partial charge in [-0.2, -0.15) is 0 Å². The van der Waals surface area contributed by atoms with E-state index in [2.05, 4.69) is 11.1 Å². The molecule has 28 heavy (non-hydrogen) atoms. The number of carbonyl (C=O) groups is 1. The Morgan fingerprint density at radius 2 is 1.68 bits per heavy atom. The highest BCUT2D eigenvalue weighted by Gasteiger charge is 2.15. The van der Waals surface area contributed by atoms with Crippen LogP contribution in [0.1, 0.15) is 24.1 Å². The zero-order valence-electron chi connectivity index (χ0n) is 15.9. The molecule has 0 radical (unpaired) electrons. The van der Waals surface area contributed by atoms with E-state index in [1.807, 2.05) is 73.7 Å². The summed E-state index contributed by atoms with van der Waals surface area (Å²) in [7, 11) is 1.41. The first-order chi connectivity index (χ1) is 13.6. The first kappa shape index (κ1) is 18.0. The number of esters is 1. The molecule has 140 valence electrons. The summed E-state index contributed by atoms with van der Waals surface area (Å²) in [6.07, 6.45) is 0. The summed E-state index contributed by atoms with van der Waals surface area (Å²) in [6, 6.07) is 24.0. The zero-order chi connectivity index (χ0) is 19.5. The fraction of sp³-hybridized carbons (Fsp3) is 0.167. The van der Waals surface area contributed by atoms with Crippen LogP contribution in [0.4, 0.5) is 0 Å². The number of ether oxygens (including phenoxy) is 2. The van der Waals surface area contributed by atoms with Crippen molar-refractivity contribution in [2.75, 3.05) is 7.11 Å². The fourth-order valence-corrected chi connectivity index (χ4v) is 3.26. The number of methoxy groups -OCH3 is 1. The molecule has 0 aliphatic carbocycles. The number of aromatic nitrogens is 1. The van der Waals surface area contributed by atoms with Crippen molar-refractivity contribution in [2.24, 2.45) is 0 Å². The lowest BCUT2D eigenvalue weighted by Crippen LogP contribution is -2.10. The maximum atomic E-state index is 11.8. The van der Waals surface area contributed by atoms with E-state index in [4.69, 9.17) is 9.47 Å². The van der Waals surface area contributed by atoms with Crippen molar-refractivity contribution >= 4 is 27.6 Å². The molecule has 1 heterocycles. The largest absolute Gasteiger partial charge is 0.487 e. The number of hydrogen-bond donors (Lipinski definition) is 0. The van der Waals surface area contributed by atoms with Gasteiger partial charge < -0.3 is 9.47 Å². The maximum Gasteiger partial charge on any atom is 0.312 e. The quantitative estimate of drug-likeness (QED) is 0.450. The van der Waals surface area contributed by atoms with E-state index in [0.717, 1.165) is 38.7 Å². The molecule has 0 aliphatic heterocycles. The van der Waals surface area contributed by atoms with Crippen LogP contribution in [0.25, 0.3) is 21.7 Å². The molecular weight excluding hydrogens is 350 g/mol. The van der Waals surface area contributed by atoms with Gasteiger partial charge in [0.05, 0.1) is 24.2 Å². The molecule has 0 saturated heterocycles. The number of nitrogens with zero attached hydrogens (tertiary/aromatic N) is 1. The van der Waals surface area contributed by atoms with E-state index in [0.29, 0.717) is 6.61 Å². The van der Waals surface area contributed by atoms with Crippen molar-refractivity contribution in [2.45, 2.75) is 19.4 Å². The summed E-state index contributed by atoms with van der Waals surface area (Å²) < 4.78 is 10.8. The SMILES string of the molecule is COC(=O)C(C)c1ccc2cc(OCc3ccc4ccccc4n3)ccc2c1. The Balaban J connectivity index is 1.51. The minimum Gasteiger partial charge on any atom is -0.487 e. The molecule has 0 fully saturated rings. The lowest BCUT2D eigenvalue weighted by atomic mass is 9.98. The van der Waals surface area contributed by atoms with Crippen LogP contribution >= 0.6 is 0 Å². The minimum atomic E-state index is -0.288. The molecule has 1 unspecified atom stereocenters. The molecule has 0 N–H and O–H groups in total. The topological polar surface area (TPSA) is 48.4 Å². The van der Waals surface area contributed by atoms with Crippen molar-refractivity contribution in [3.63, 3.8) is 0 Å². The van der Waals surface area contributed by atoms with Crippen molar-refractivity contribution in [1.29, 1.82) is 0 Å². The lowest BCUT2D eigenvalue weighted by Gasteiger charge is -2.11. The van der Waals surface area contributed by atoms with Crippen molar-refractivity contribution in [3.8, 4) is 5.75 Å². The van der Waals surface area contributed by atoms with Crippen LogP contribution in [-0.2, 0) is 16.1 Å². The second-order valence-electron chi connectivity index (χ2n) is 6.80. The zero-order valence-corrected chi connectivity index (χ0v) is 15.9. The Kier molecular flexibility index (Phi) is 4.94. The van der Waals surface area contributed by atoms with Gasteiger partial charge in [0, 0.05) is 5.39 Å². The molecule has 4 rings (SSSR count). The normalized spacial score (nSPS) is 12.1. The standard InChI is InChI=1S/C24H21NO3/c1-16(24(26)27-2)18-7-8-20-14-22(12-10-19(20)13-18)28-15-21-11-9-17-5-3-4-6-23(17)25-21/h3-14,16H,15H2,1-2H3. The average Bonchev–Trinajstić information content (AvgIpc) is 2.76. The van der Waals surface area contributed by atoms with Gasteiger partial charge in [0.15, 0.2) is 0 Å².